The van der Waals surface area contributed by atoms with Gasteiger partial charge >= 0.3 is 0 Å². The van der Waals surface area contributed by atoms with Gasteiger partial charge in [-0.25, -0.2) is 0 Å². The first-order valence-electron chi connectivity index (χ1n) is 4.41. The Balaban J connectivity index is 2.28. The van der Waals surface area contributed by atoms with E-state index in [0.717, 1.165) is 12.8 Å². The highest BCUT2D eigenvalue weighted by Gasteiger charge is 2.55. The standard InChI is InChI=1S/C9H12N2O/c1-6-4-9(5-10,7-2-3-7)8(12)11-6/h6-7H,2-4H2,1H3,(H,11,12)/t6-,9?/m0/s1. The summed E-state index contributed by atoms with van der Waals surface area (Å²) in [6.45, 7) is 1.96. The Morgan fingerprint density at radius 3 is 2.67 bits per heavy atom. The minimum atomic E-state index is -0.667. The zero-order chi connectivity index (χ0) is 8.77. The first kappa shape index (κ1) is 7.60. The molecule has 0 spiro atoms. The van der Waals surface area contributed by atoms with Crippen molar-refractivity contribution in [3.8, 4) is 6.07 Å². The van der Waals surface area contributed by atoms with Crippen molar-refractivity contribution in [2.75, 3.05) is 0 Å². The van der Waals surface area contributed by atoms with E-state index in [4.69, 9.17) is 5.26 Å². The molecule has 1 saturated carbocycles. The van der Waals surface area contributed by atoms with Gasteiger partial charge in [0.2, 0.25) is 5.91 Å². The molecule has 1 unspecified atom stereocenters. The van der Waals surface area contributed by atoms with E-state index in [-0.39, 0.29) is 11.9 Å². The van der Waals surface area contributed by atoms with Crippen molar-refractivity contribution >= 4 is 5.91 Å². The van der Waals surface area contributed by atoms with Gasteiger partial charge in [-0.15, -0.1) is 0 Å². The molecule has 2 rings (SSSR count). The van der Waals surface area contributed by atoms with E-state index in [2.05, 4.69) is 11.4 Å². The summed E-state index contributed by atoms with van der Waals surface area (Å²) >= 11 is 0. The molecule has 1 aliphatic heterocycles. The van der Waals surface area contributed by atoms with Crippen molar-refractivity contribution in [3.05, 3.63) is 0 Å². The largest absolute Gasteiger partial charge is 0.352 e. The van der Waals surface area contributed by atoms with E-state index in [9.17, 15) is 4.79 Å². The SMILES string of the molecule is C[C@H]1CC(C#N)(C2CC2)C(=O)N1. The maximum Gasteiger partial charge on any atom is 0.241 e. The fourth-order valence-corrected chi connectivity index (χ4v) is 2.10. The summed E-state index contributed by atoms with van der Waals surface area (Å²) in [5.41, 5.74) is -0.667. The average molecular weight is 164 g/mol. The summed E-state index contributed by atoms with van der Waals surface area (Å²) < 4.78 is 0. The molecule has 2 fully saturated rings. The molecule has 1 saturated heterocycles. The molecule has 2 aliphatic rings. The highest BCUT2D eigenvalue weighted by Crippen LogP contribution is 2.50. The van der Waals surface area contributed by atoms with Crippen LogP contribution in [0, 0.1) is 22.7 Å². The van der Waals surface area contributed by atoms with Gasteiger partial charge in [-0.3, -0.25) is 4.79 Å². The second-order valence-electron chi connectivity index (χ2n) is 3.94. The first-order valence-corrected chi connectivity index (χ1v) is 4.41. The Morgan fingerprint density at radius 1 is 1.67 bits per heavy atom. The Morgan fingerprint density at radius 2 is 2.33 bits per heavy atom. The molecule has 1 aliphatic carbocycles. The molecular formula is C9H12N2O. The zero-order valence-corrected chi connectivity index (χ0v) is 7.13. The zero-order valence-electron chi connectivity index (χ0n) is 7.13. The molecule has 0 bridgehead atoms. The molecule has 0 radical (unpaired) electrons. The average Bonchev–Trinajstić information content (AvgIpc) is 2.79. The van der Waals surface area contributed by atoms with Gasteiger partial charge in [-0.1, -0.05) is 0 Å². The Labute approximate surface area is 71.8 Å². The maximum atomic E-state index is 11.5. The van der Waals surface area contributed by atoms with Crippen LogP contribution in [0.15, 0.2) is 0 Å². The molecule has 1 heterocycles. The van der Waals surface area contributed by atoms with E-state index >= 15 is 0 Å². The number of carbonyl (C=O) groups is 1. The summed E-state index contributed by atoms with van der Waals surface area (Å²) in [5, 5.41) is 11.8. The molecule has 0 aromatic carbocycles. The van der Waals surface area contributed by atoms with Gasteiger partial charge < -0.3 is 5.32 Å². The number of hydrogen-bond donors (Lipinski definition) is 1. The highest BCUT2D eigenvalue weighted by atomic mass is 16.2. The quantitative estimate of drug-likeness (QED) is 0.623. The third kappa shape index (κ3) is 0.842. The Hall–Kier alpha value is -1.04. The molecule has 0 aromatic heterocycles. The first-order chi connectivity index (χ1) is 5.69. The molecule has 12 heavy (non-hydrogen) atoms. The highest BCUT2D eigenvalue weighted by molar-refractivity contribution is 5.88. The van der Waals surface area contributed by atoms with Crippen LogP contribution in [-0.4, -0.2) is 11.9 Å². The van der Waals surface area contributed by atoms with Crippen molar-refractivity contribution < 1.29 is 4.79 Å². The minimum absolute atomic E-state index is 0.0417. The molecule has 2 atom stereocenters. The van der Waals surface area contributed by atoms with Gasteiger partial charge in [-0.05, 0) is 32.1 Å². The normalized spacial score (nSPS) is 40.7. The van der Waals surface area contributed by atoms with Gasteiger partial charge in [0.25, 0.3) is 0 Å². The predicted octanol–water partition coefficient (Wildman–Crippen LogP) is 0.815. The van der Waals surface area contributed by atoms with E-state index in [1.807, 2.05) is 6.92 Å². The second-order valence-corrected chi connectivity index (χ2v) is 3.94. The number of nitriles is 1. The Kier molecular flexibility index (Phi) is 1.41. The molecule has 3 nitrogen and oxygen atoms in total. The number of hydrogen-bond acceptors (Lipinski definition) is 2. The van der Waals surface area contributed by atoms with Gasteiger partial charge in [-0.2, -0.15) is 5.26 Å². The summed E-state index contributed by atoms with van der Waals surface area (Å²) in [7, 11) is 0. The molecular weight excluding hydrogens is 152 g/mol. The lowest BCUT2D eigenvalue weighted by molar-refractivity contribution is -0.126. The fourth-order valence-electron chi connectivity index (χ4n) is 2.10. The van der Waals surface area contributed by atoms with Crippen molar-refractivity contribution in [1.82, 2.24) is 5.32 Å². The number of nitrogens with zero attached hydrogens (tertiary/aromatic N) is 1. The molecule has 1 amide bonds. The summed E-state index contributed by atoms with van der Waals surface area (Å²) in [5.74, 6) is 0.299. The van der Waals surface area contributed by atoms with Gasteiger partial charge in [0.15, 0.2) is 0 Å². The number of rotatable bonds is 1. The van der Waals surface area contributed by atoms with Crippen LogP contribution in [0.25, 0.3) is 0 Å². The number of amides is 1. The Bertz CT molecular complexity index is 264. The van der Waals surface area contributed by atoms with Gasteiger partial charge in [0.1, 0.15) is 5.41 Å². The number of nitrogens with one attached hydrogen (secondary N) is 1. The van der Waals surface area contributed by atoms with Crippen LogP contribution in [0.2, 0.25) is 0 Å². The van der Waals surface area contributed by atoms with Crippen LogP contribution in [0.1, 0.15) is 26.2 Å². The summed E-state index contributed by atoms with van der Waals surface area (Å²) in [4.78, 5) is 11.5. The molecule has 0 aromatic rings. The topological polar surface area (TPSA) is 52.9 Å². The van der Waals surface area contributed by atoms with Crippen LogP contribution in [0.5, 0.6) is 0 Å². The molecule has 64 valence electrons. The lowest BCUT2D eigenvalue weighted by Gasteiger charge is -2.15. The van der Waals surface area contributed by atoms with E-state index in [1.165, 1.54) is 0 Å². The maximum absolute atomic E-state index is 11.5. The van der Waals surface area contributed by atoms with Gasteiger partial charge in [0.05, 0.1) is 6.07 Å². The second kappa shape index (κ2) is 2.22. The van der Waals surface area contributed by atoms with Crippen LogP contribution in [0.4, 0.5) is 0 Å². The van der Waals surface area contributed by atoms with E-state index in [0.29, 0.717) is 12.3 Å². The van der Waals surface area contributed by atoms with Crippen LogP contribution >= 0.6 is 0 Å². The minimum Gasteiger partial charge on any atom is -0.352 e. The van der Waals surface area contributed by atoms with Gasteiger partial charge in [0, 0.05) is 6.04 Å². The van der Waals surface area contributed by atoms with Crippen LogP contribution < -0.4 is 5.32 Å². The third-order valence-corrected chi connectivity index (χ3v) is 2.88. The lowest BCUT2D eigenvalue weighted by atomic mass is 9.81. The van der Waals surface area contributed by atoms with Crippen LogP contribution in [0.3, 0.4) is 0 Å². The van der Waals surface area contributed by atoms with Crippen LogP contribution in [-0.2, 0) is 4.79 Å². The molecule has 3 heteroatoms. The smallest absolute Gasteiger partial charge is 0.241 e. The summed E-state index contributed by atoms with van der Waals surface area (Å²) in [6.07, 6.45) is 2.80. The third-order valence-electron chi connectivity index (χ3n) is 2.88. The van der Waals surface area contributed by atoms with E-state index < -0.39 is 5.41 Å². The molecule has 1 N–H and O–H groups in total. The van der Waals surface area contributed by atoms with Crippen molar-refractivity contribution in [1.29, 1.82) is 5.26 Å². The lowest BCUT2D eigenvalue weighted by Crippen LogP contribution is -2.32. The monoisotopic (exact) mass is 164 g/mol. The van der Waals surface area contributed by atoms with Crippen molar-refractivity contribution in [2.24, 2.45) is 11.3 Å². The fraction of sp³-hybridized carbons (Fsp3) is 0.778. The van der Waals surface area contributed by atoms with Crippen molar-refractivity contribution in [2.45, 2.75) is 32.2 Å². The van der Waals surface area contributed by atoms with Crippen molar-refractivity contribution in [3.63, 3.8) is 0 Å². The summed E-state index contributed by atoms with van der Waals surface area (Å²) in [6, 6.07) is 2.39. The predicted molar refractivity (Wildman–Crippen MR) is 43.0 cm³/mol. The number of carbonyl (C=O) groups excluding carboxylic acids is 1. The van der Waals surface area contributed by atoms with E-state index in [1.54, 1.807) is 0 Å².